The average molecular weight is 234 g/mol. The van der Waals surface area contributed by atoms with Gasteiger partial charge >= 0.3 is 0 Å². The first kappa shape index (κ1) is 12.4. The van der Waals surface area contributed by atoms with E-state index in [0.29, 0.717) is 6.04 Å². The van der Waals surface area contributed by atoms with Crippen LogP contribution in [0.3, 0.4) is 0 Å². The molecule has 0 radical (unpaired) electrons. The lowest BCUT2D eigenvalue weighted by Gasteiger charge is -2.43. The zero-order chi connectivity index (χ0) is 12.4. The molecule has 1 heterocycles. The van der Waals surface area contributed by atoms with E-state index in [1.165, 1.54) is 16.8 Å². The second-order valence-electron chi connectivity index (χ2n) is 5.04. The van der Waals surface area contributed by atoms with E-state index in [1.807, 2.05) is 0 Å². The maximum Gasteiger partial charge on any atom is 0.0649 e. The van der Waals surface area contributed by atoms with Gasteiger partial charge in [-0.2, -0.15) is 0 Å². The Morgan fingerprint density at radius 1 is 1.35 bits per heavy atom. The summed E-state index contributed by atoms with van der Waals surface area (Å²) in [7, 11) is 0. The number of nitrogens with zero attached hydrogens (tertiary/aromatic N) is 1. The zero-order valence-electron chi connectivity index (χ0n) is 10.9. The van der Waals surface area contributed by atoms with Crippen molar-refractivity contribution in [2.45, 2.75) is 32.9 Å². The Kier molecular flexibility index (Phi) is 3.69. The van der Waals surface area contributed by atoms with Gasteiger partial charge in [0.05, 0.1) is 12.6 Å². The molecule has 1 aliphatic rings. The van der Waals surface area contributed by atoms with Crippen LogP contribution in [0.5, 0.6) is 0 Å². The third-order valence-corrected chi connectivity index (χ3v) is 3.54. The van der Waals surface area contributed by atoms with E-state index in [9.17, 15) is 5.11 Å². The normalized spacial score (nSPS) is 25.1. The lowest BCUT2D eigenvalue weighted by Crippen LogP contribution is -2.58. The quantitative estimate of drug-likeness (QED) is 0.813. The Morgan fingerprint density at radius 2 is 2.12 bits per heavy atom. The van der Waals surface area contributed by atoms with E-state index in [2.05, 4.69) is 49.2 Å². The van der Waals surface area contributed by atoms with Crippen LogP contribution in [-0.4, -0.2) is 36.9 Å². The van der Waals surface area contributed by atoms with Crippen molar-refractivity contribution in [3.63, 3.8) is 0 Å². The van der Waals surface area contributed by atoms with Gasteiger partial charge in [0.2, 0.25) is 0 Å². The molecule has 94 valence electrons. The predicted octanol–water partition coefficient (Wildman–Crippen LogP) is 1.46. The number of anilines is 1. The molecule has 0 saturated carbocycles. The maximum atomic E-state index is 9.52. The number of rotatable bonds is 2. The van der Waals surface area contributed by atoms with Crippen LogP contribution < -0.4 is 10.2 Å². The van der Waals surface area contributed by atoms with Crippen molar-refractivity contribution in [1.29, 1.82) is 0 Å². The molecule has 0 bridgehead atoms. The molecule has 0 amide bonds. The highest BCUT2D eigenvalue weighted by Crippen LogP contribution is 2.26. The van der Waals surface area contributed by atoms with Crippen molar-refractivity contribution in [2.75, 3.05) is 24.6 Å². The van der Waals surface area contributed by atoms with Gasteiger partial charge in [-0.1, -0.05) is 12.1 Å². The molecule has 2 N–H and O–H groups in total. The molecule has 0 aromatic heterocycles. The Bertz CT molecular complexity index is 392. The number of piperazine rings is 1. The molecule has 2 rings (SSSR count). The molecular weight excluding hydrogens is 212 g/mol. The van der Waals surface area contributed by atoms with E-state index in [4.69, 9.17) is 0 Å². The number of benzene rings is 1. The smallest absolute Gasteiger partial charge is 0.0649 e. The van der Waals surface area contributed by atoms with E-state index in [-0.39, 0.29) is 12.6 Å². The third-order valence-electron chi connectivity index (χ3n) is 3.54. The van der Waals surface area contributed by atoms with Crippen LogP contribution in [0.25, 0.3) is 0 Å². The molecule has 1 aromatic carbocycles. The fourth-order valence-corrected chi connectivity index (χ4v) is 2.60. The van der Waals surface area contributed by atoms with Crippen molar-refractivity contribution in [3.8, 4) is 0 Å². The second-order valence-corrected chi connectivity index (χ2v) is 5.04. The highest BCUT2D eigenvalue weighted by Gasteiger charge is 2.28. The summed E-state index contributed by atoms with van der Waals surface area (Å²) in [5.41, 5.74) is 3.81. The number of aryl methyl sites for hydroxylation is 2. The molecule has 1 fully saturated rings. The average Bonchev–Trinajstić information content (AvgIpc) is 2.32. The summed E-state index contributed by atoms with van der Waals surface area (Å²) in [6, 6.07) is 7.12. The van der Waals surface area contributed by atoms with E-state index >= 15 is 0 Å². The minimum atomic E-state index is 0.180. The van der Waals surface area contributed by atoms with Gasteiger partial charge in [-0.05, 0) is 38.0 Å². The lowest BCUT2D eigenvalue weighted by molar-refractivity contribution is 0.235. The van der Waals surface area contributed by atoms with Crippen LogP contribution in [-0.2, 0) is 0 Å². The Labute approximate surface area is 103 Å². The van der Waals surface area contributed by atoms with Gasteiger partial charge in [0.15, 0.2) is 0 Å². The van der Waals surface area contributed by atoms with Crippen molar-refractivity contribution >= 4 is 5.69 Å². The van der Waals surface area contributed by atoms with Crippen molar-refractivity contribution in [2.24, 2.45) is 0 Å². The number of aliphatic hydroxyl groups is 1. The molecule has 3 heteroatoms. The van der Waals surface area contributed by atoms with E-state index < -0.39 is 0 Å². The summed E-state index contributed by atoms with van der Waals surface area (Å²) in [5.74, 6) is 0. The lowest BCUT2D eigenvalue weighted by atomic mass is 10.0. The summed E-state index contributed by atoms with van der Waals surface area (Å²) in [6.45, 7) is 8.49. The molecular formula is C14H22N2O. The Hall–Kier alpha value is -1.06. The summed E-state index contributed by atoms with van der Waals surface area (Å²) < 4.78 is 0. The van der Waals surface area contributed by atoms with Crippen molar-refractivity contribution in [3.05, 3.63) is 29.3 Å². The highest BCUT2D eigenvalue weighted by molar-refractivity contribution is 5.57. The van der Waals surface area contributed by atoms with Crippen LogP contribution in [0.2, 0.25) is 0 Å². The van der Waals surface area contributed by atoms with Crippen molar-refractivity contribution < 1.29 is 5.11 Å². The van der Waals surface area contributed by atoms with Gasteiger partial charge in [0.1, 0.15) is 0 Å². The first-order chi connectivity index (χ1) is 8.13. The molecule has 2 unspecified atom stereocenters. The Balaban J connectivity index is 2.37. The molecule has 0 spiro atoms. The molecule has 17 heavy (non-hydrogen) atoms. The summed E-state index contributed by atoms with van der Waals surface area (Å²) in [6.07, 6.45) is 0. The molecule has 1 saturated heterocycles. The fourth-order valence-electron chi connectivity index (χ4n) is 2.60. The minimum absolute atomic E-state index is 0.180. The van der Waals surface area contributed by atoms with E-state index in [1.54, 1.807) is 0 Å². The maximum absolute atomic E-state index is 9.52. The minimum Gasteiger partial charge on any atom is -0.394 e. The zero-order valence-corrected chi connectivity index (χ0v) is 10.9. The SMILES string of the molecule is Cc1ccc(C)c(N2C(C)CNCC2CO)c1. The number of hydrogen-bond acceptors (Lipinski definition) is 3. The van der Waals surface area contributed by atoms with Crippen molar-refractivity contribution in [1.82, 2.24) is 5.32 Å². The molecule has 1 aliphatic heterocycles. The predicted molar refractivity (Wildman–Crippen MR) is 71.6 cm³/mol. The fraction of sp³-hybridized carbons (Fsp3) is 0.571. The van der Waals surface area contributed by atoms with Crippen LogP contribution in [0.1, 0.15) is 18.1 Å². The first-order valence-corrected chi connectivity index (χ1v) is 6.30. The summed E-state index contributed by atoms with van der Waals surface area (Å²) >= 11 is 0. The third kappa shape index (κ3) is 2.45. The molecule has 3 nitrogen and oxygen atoms in total. The highest BCUT2D eigenvalue weighted by atomic mass is 16.3. The van der Waals surface area contributed by atoms with Gasteiger partial charge in [-0.25, -0.2) is 0 Å². The largest absolute Gasteiger partial charge is 0.394 e. The molecule has 0 aliphatic carbocycles. The molecule has 1 aromatic rings. The number of hydrogen-bond donors (Lipinski definition) is 2. The summed E-state index contributed by atoms with van der Waals surface area (Å²) in [4.78, 5) is 2.36. The second kappa shape index (κ2) is 5.07. The van der Waals surface area contributed by atoms with Crippen LogP contribution in [0.4, 0.5) is 5.69 Å². The van der Waals surface area contributed by atoms with E-state index in [0.717, 1.165) is 13.1 Å². The van der Waals surface area contributed by atoms with Gasteiger partial charge in [-0.3, -0.25) is 0 Å². The molecule has 2 atom stereocenters. The number of aliphatic hydroxyl groups excluding tert-OH is 1. The van der Waals surface area contributed by atoms with Crippen LogP contribution >= 0.6 is 0 Å². The summed E-state index contributed by atoms with van der Waals surface area (Å²) in [5, 5.41) is 12.9. The topological polar surface area (TPSA) is 35.5 Å². The van der Waals surface area contributed by atoms with Crippen LogP contribution in [0.15, 0.2) is 18.2 Å². The standard InChI is InChI=1S/C14H22N2O/c1-10-4-5-11(2)14(6-10)16-12(3)7-15-8-13(16)9-17/h4-6,12-13,15,17H,7-9H2,1-3H3. The monoisotopic (exact) mass is 234 g/mol. The van der Waals surface area contributed by atoms with Crippen LogP contribution in [0, 0.1) is 13.8 Å². The van der Waals surface area contributed by atoms with Gasteiger partial charge in [0, 0.05) is 24.8 Å². The van der Waals surface area contributed by atoms with Gasteiger partial charge < -0.3 is 15.3 Å². The van der Waals surface area contributed by atoms with Gasteiger partial charge in [-0.15, -0.1) is 0 Å². The number of nitrogens with one attached hydrogen (secondary N) is 1. The first-order valence-electron chi connectivity index (χ1n) is 6.30. The van der Waals surface area contributed by atoms with Gasteiger partial charge in [0.25, 0.3) is 0 Å². The Morgan fingerprint density at radius 3 is 2.82 bits per heavy atom.